The van der Waals surface area contributed by atoms with Gasteiger partial charge in [0.1, 0.15) is 6.29 Å². The van der Waals surface area contributed by atoms with Gasteiger partial charge >= 0.3 is 0 Å². The van der Waals surface area contributed by atoms with Gasteiger partial charge in [0, 0.05) is 13.1 Å². The summed E-state index contributed by atoms with van der Waals surface area (Å²) in [5, 5.41) is 0. The van der Waals surface area contributed by atoms with Gasteiger partial charge in [-0.15, -0.1) is 13.2 Å². The predicted octanol–water partition coefficient (Wildman–Crippen LogP) is 1.25. The van der Waals surface area contributed by atoms with Crippen molar-refractivity contribution in [1.82, 2.24) is 4.90 Å². The molecule has 0 aliphatic heterocycles. The fourth-order valence-electron chi connectivity index (χ4n) is 0.825. The summed E-state index contributed by atoms with van der Waals surface area (Å²) in [5.41, 5.74) is 0. The second-order valence-electron chi connectivity index (χ2n) is 2.41. The van der Waals surface area contributed by atoms with E-state index < -0.39 is 0 Å². The van der Waals surface area contributed by atoms with E-state index in [0.717, 1.165) is 19.4 Å². The third-order valence-electron chi connectivity index (χ3n) is 1.50. The van der Waals surface area contributed by atoms with Crippen molar-refractivity contribution in [3.05, 3.63) is 25.3 Å². The maximum absolute atomic E-state index is 10.4. The van der Waals surface area contributed by atoms with Crippen LogP contribution in [-0.4, -0.2) is 30.3 Å². The van der Waals surface area contributed by atoms with Crippen LogP contribution in [0.5, 0.6) is 0 Å². The van der Waals surface area contributed by atoms with Gasteiger partial charge in [0.25, 0.3) is 0 Å². The first-order chi connectivity index (χ1) is 5.26. The summed E-state index contributed by atoms with van der Waals surface area (Å²) in [6, 6.07) is -0.0500. The van der Waals surface area contributed by atoms with Crippen LogP contribution in [0.25, 0.3) is 0 Å². The van der Waals surface area contributed by atoms with Crippen LogP contribution in [0.15, 0.2) is 25.3 Å². The average Bonchev–Trinajstić information content (AvgIpc) is 2.03. The average molecular weight is 153 g/mol. The molecule has 0 saturated heterocycles. The van der Waals surface area contributed by atoms with Crippen LogP contribution in [0.3, 0.4) is 0 Å². The Balaban J connectivity index is 3.94. The van der Waals surface area contributed by atoms with E-state index in [0.29, 0.717) is 0 Å². The molecule has 11 heavy (non-hydrogen) atoms. The lowest BCUT2D eigenvalue weighted by atomic mass is 10.3. The highest BCUT2D eigenvalue weighted by Gasteiger charge is 2.07. The lowest BCUT2D eigenvalue weighted by Gasteiger charge is -2.21. The zero-order valence-corrected chi connectivity index (χ0v) is 6.99. The van der Waals surface area contributed by atoms with Gasteiger partial charge < -0.3 is 4.79 Å². The fraction of sp³-hybridized carbons (Fsp3) is 0.444. The van der Waals surface area contributed by atoms with E-state index in [2.05, 4.69) is 13.2 Å². The van der Waals surface area contributed by atoms with Gasteiger partial charge in [-0.25, -0.2) is 0 Å². The third-order valence-corrected chi connectivity index (χ3v) is 1.50. The standard InChI is InChI=1S/C9H15NO/c1-4-6-10(7-5-2)9(3)8-11/h4-5,8-9H,1-2,6-7H2,3H3. The summed E-state index contributed by atoms with van der Waals surface area (Å²) in [6.07, 6.45) is 4.49. The minimum Gasteiger partial charge on any atom is -0.302 e. The van der Waals surface area contributed by atoms with Crippen LogP contribution in [0.1, 0.15) is 6.92 Å². The molecule has 0 N–H and O–H groups in total. The Morgan fingerprint density at radius 1 is 1.36 bits per heavy atom. The van der Waals surface area contributed by atoms with Crippen molar-refractivity contribution in [2.45, 2.75) is 13.0 Å². The fourth-order valence-corrected chi connectivity index (χ4v) is 0.825. The molecule has 0 aromatic rings. The highest BCUT2D eigenvalue weighted by molar-refractivity contribution is 5.56. The first-order valence-electron chi connectivity index (χ1n) is 3.67. The third kappa shape index (κ3) is 3.73. The Labute approximate surface area is 68.2 Å². The van der Waals surface area contributed by atoms with Crippen LogP contribution < -0.4 is 0 Å². The Morgan fingerprint density at radius 3 is 2.09 bits per heavy atom. The number of aldehydes is 1. The number of carbonyl (C=O) groups excluding carboxylic acids is 1. The molecule has 0 aliphatic rings. The Bertz CT molecular complexity index is 132. The number of hydrogen-bond donors (Lipinski definition) is 0. The van der Waals surface area contributed by atoms with Crippen LogP contribution in [0.4, 0.5) is 0 Å². The molecule has 0 bridgehead atoms. The molecular weight excluding hydrogens is 138 g/mol. The zero-order chi connectivity index (χ0) is 8.69. The molecule has 1 atom stereocenters. The summed E-state index contributed by atoms with van der Waals surface area (Å²) < 4.78 is 0. The molecule has 0 heterocycles. The molecule has 0 radical (unpaired) electrons. The van der Waals surface area contributed by atoms with Crippen LogP contribution in [0, 0.1) is 0 Å². The monoisotopic (exact) mass is 153 g/mol. The summed E-state index contributed by atoms with van der Waals surface area (Å²) in [7, 11) is 0. The van der Waals surface area contributed by atoms with Gasteiger partial charge in [0.15, 0.2) is 0 Å². The molecule has 0 saturated carbocycles. The predicted molar refractivity (Wildman–Crippen MR) is 47.5 cm³/mol. The van der Waals surface area contributed by atoms with E-state index in [1.165, 1.54) is 0 Å². The first kappa shape index (κ1) is 10.1. The van der Waals surface area contributed by atoms with Gasteiger partial charge in [-0.2, -0.15) is 0 Å². The number of nitrogens with zero attached hydrogens (tertiary/aromatic N) is 1. The highest BCUT2D eigenvalue weighted by Crippen LogP contribution is 1.95. The van der Waals surface area contributed by atoms with Gasteiger partial charge in [-0.05, 0) is 6.92 Å². The van der Waals surface area contributed by atoms with E-state index in [4.69, 9.17) is 0 Å². The molecular formula is C9H15NO. The molecule has 62 valence electrons. The molecule has 1 unspecified atom stereocenters. The molecule has 0 rings (SSSR count). The Morgan fingerprint density at radius 2 is 1.82 bits per heavy atom. The molecule has 2 heteroatoms. The molecule has 0 spiro atoms. The summed E-state index contributed by atoms with van der Waals surface area (Å²) in [6.45, 7) is 10.5. The SMILES string of the molecule is C=CCN(CC=C)C(C)C=O. The summed E-state index contributed by atoms with van der Waals surface area (Å²) in [4.78, 5) is 12.4. The van der Waals surface area contributed by atoms with Crippen molar-refractivity contribution in [1.29, 1.82) is 0 Å². The van der Waals surface area contributed by atoms with E-state index in [9.17, 15) is 4.79 Å². The van der Waals surface area contributed by atoms with Crippen molar-refractivity contribution >= 4 is 6.29 Å². The van der Waals surface area contributed by atoms with Crippen molar-refractivity contribution < 1.29 is 4.79 Å². The minimum atomic E-state index is -0.0500. The van der Waals surface area contributed by atoms with Crippen molar-refractivity contribution in [2.75, 3.05) is 13.1 Å². The van der Waals surface area contributed by atoms with Gasteiger partial charge in [0.2, 0.25) is 0 Å². The van der Waals surface area contributed by atoms with Crippen molar-refractivity contribution in [2.24, 2.45) is 0 Å². The molecule has 0 fully saturated rings. The van der Waals surface area contributed by atoms with Crippen molar-refractivity contribution in [3.8, 4) is 0 Å². The van der Waals surface area contributed by atoms with Gasteiger partial charge in [-0.1, -0.05) is 12.2 Å². The van der Waals surface area contributed by atoms with Crippen LogP contribution in [-0.2, 0) is 4.79 Å². The van der Waals surface area contributed by atoms with E-state index in [1.807, 2.05) is 11.8 Å². The number of hydrogen-bond acceptors (Lipinski definition) is 2. The quantitative estimate of drug-likeness (QED) is 0.423. The normalized spacial score (nSPS) is 12.5. The number of carbonyl (C=O) groups is 1. The zero-order valence-electron chi connectivity index (χ0n) is 6.99. The highest BCUT2D eigenvalue weighted by atomic mass is 16.1. The van der Waals surface area contributed by atoms with E-state index in [-0.39, 0.29) is 6.04 Å². The topological polar surface area (TPSA) is 20.3 Å². The van der Waals surface area contributed by atoms with E-state index in [1.54, 1.807) is 12.2 Å². The Hall–Kier alpha value is -0.890. The summed E-state index contributed by atoms with van der Waals surface area (Å²) >= 11 is 0. The van der Waals surface area contributed by atoms with Gasteiger partial charge in [0.05, 0.1) is 6.04 Å². The Kier molecular flexibility index (Phi) is 5.39. The second kappa shape index (κ2) is 5.86. The van der Waals surface area contributed by atoms with Crippen LogP contribution >= 0.6 is 0 Å². The molecule has 2 nitrogen and oxygen atoms in total. The van der Waals surface area contributed by atoms with Crippen LogP contribution in [0.2, 0.25) is 0 Å². The summed E-state index contributed by atoms with van der Waals surface area (Å²) in [5.74, 6) is 0. The smallest absolute Gasteiger partial charge is 0.136 e. The molecule has 0 aliphatic carbocycles. The minimum absolute atomic E-state index is 0.0500. The second-order valence-corrected chi connectivity index (χ2v) is 2.41. The largest absolute Gasteiger partial charge is 0.302 e. The van der Waals surface area contributed by atoms with E-state index >= 15 is 0 Å². The molecule has 0 aromatic heterocycles. The lowest BCUT2D eigenvalue weighted by Crippen LogP contribution is -2.34. The van der Waals surface area contributed by atoms with Gasteiger partial charge in [-0.3, -0.25) is 4.90 Å². The number of rotatable bonds is 6. The maximum atomic E-state index is 10.4. The molecule has 0 amide bonds. The maximum Gasteiger partial charge on any atom is 0.136 e. The van der Waals surface area contributed by atoms with Crippen molar-refractivity contribution in [3.63, 3.8) is 0 Å². The first-order valence-corrected chi connectivity index (χ1v) is 3.67. The lowest BCUT2D eigenvalue weighted by molar-refractivity contribution is -0.111. The molecule has 0 aromatic carbocycles.